The third kappa shape index (κ3) is 2.71. The first-order valence-corrected chi connectivity index (χ1v) is 7.55. The Morgan fingerprint density at radius 3 is 2.39 bits per heavy atom. The fraction of sp³-hybridized carbons (Fsp3) is 0.286. The highest BCUT2D eigenvalue weighted by molar-refractivity contribution is 7.89. The van der Waals surface area contributed by atoms with E-state index < -0.39 is 10.0 Å². The van der Waals surface area contributed by atoms with Crippen molar-refractivity contribution in [3.63, 3.8) is 0 Å². The van der Waals surface area contributed by atoms with Crippen molar-refractivity contribution in [3.8, 4) is 0 Å². The molecule has 0 atom stereocenters. The van der Waals surface area contributed by atoms with E-state index in [0.29, 0.717) is 6.54 Å². The van der Waals surface area contributed by atoms with Crippen LogP contribution in [0.15, 0.2) is 42.5 Å². The van der Waals surface area contributed by atoms with E-state index in [1.165, 1.54) is 9.69 Å². The van der Waals surface area contributed by atoms with Crippen LogP contribution in [0, 0.1) is 0 Å². The zero-order valence-corrected chi connectivity index (χ0v) is 11.4. The first kappa shape index (κ1) is 13.1. The molecule has 96 valence electrons. The standard InChI is InChI=1S/C14H17NO2S/c1-3-18(16,17)15(2)11-12-8-9-13-6-4-5-7-14(13)10-12/h4-10H,3,11H2,1-2H3. The summed E-state index contributed by atoms with van der Waals surface area (Å²) in [6, 6.07) is 14.1. The molecule has 0 aliphatic heterocycles. The second-order valence-electron chi connectivity index (χ2n) is 4.34. The van der Waals surface area contributed by atoms with E-state index in [-0.39, 0.29) is 5.75 Å². The summed E-state index contributed by atoms with van der Waals surface area (Å²) in [4.78, 5) is 0. The molecule has 0 bridgehead atoms. The Balaban J connectivity index is 2.27. The molecule has 0 saturated heterocycles. The van der Waals surface area contributed by atoms with Crippen LogP contribution in [0.1, 0.15) is 12.5 Å². The Labute approximate surface area is 108 Å². The molecular formula is C14H17NO2S. The zero-order chi connectivity index (χ0) is 13.2. The number of sulfonamides is 1. The smallest absolute Gasteiger partial charge is 0.212 e. The minimum atomic E-state index is -3.12. The van der Waals surface area contributed by atoms with E-state index in [0.717, 1.165) is 10.9 Å². The summed E-state index contributed by atoms with van der Waals surface area (Å²) in [5.41, 5.74) is 1.01. The molecule has 2 aromatic rings. The predicted octanol–water partition coefficient (Wildman–Crippen LogP) is 2.62. The first-order chi connectivity index (χ1) is 8.53. The van der Waals surface area contributed by atoms with Crippen LogP contribution in [0.5, 0.6) is 0 Å². The maximum atomic E-state index is 11.7. The van der Waals surface area contributed by atoms with Crippen LogP contribution in [0.25, 0.3) is 10.8 Å². The summed E-state index contributed by atoms with van der Waals surface area (Å²) in [6.45, 7) is 2.08. The molecule has 0 fully saturated rings. The quantitative estimate of drug-likeness (QED) is 0.850. The molecule has 4 heteroatoms. The highest BCUT2D eigenvalue weighted by atomic mass is 32.2. The number of hydrogen-bond acceptors (Lipinski definition) is 2. The molecular weight excluding hydrogens is 246 g/mol. The maximum Gasteiger partial charge on any atom is 0.213 e. The lowest BCUT2D eigenvalue weighted by Gasteiger charge is -2.16. The second kappa shape index (κ2) is 5.08. The number of fused-ring (bicyclic) bond motifs is 1. The fourth-order valence-electron chi connectivity index (χ4n) is 1.91. The van der Waals surface area contributed by atoms with Crippen molar-refractivity contribution in [2.75, 3.05) is 12.8 Å². The highest BCUT2D eigenvalue weighted by Gasteiger charge is 2.15. The van der Waals surface area contributed by atoms with Crippen LogP contribution >= 0.6 is 0 Å². The average Bonchev–Trinajstić information content (AvgIpc) is 2.38. The lowest BCUT2D eigenvalue weighted by atomic mass is 10.1. The van der Waals surface area contributed by atoms with Crippen molar-refractivity contribution < 1.29 is 8.42 Å². The Hall–Kier alpha value is -1.39. The molecule has 0 radical (unpaired) electrons. The van der Waals surface area contributed by atoms with E-state index in [1.807, 2.05) is 42.5 Å². The van der Waals surface area contributed by atoms with Gasteiger partial charge in [0.1, 0.15) is 0 Å². The summed E-state index contributed by atoms with van der Waals surface area (Å²) in [6.07, 6.45) is 0. The van der Waals surface area contributed by atoms with Crippen molar-refractivity contribution in [1.82, 2.24) is 4.31 Å². The number of nitrogens with zero attached hydrogens (tertiary/aromatic N) is 1. The van der Waals surface area contributed by atoms with Gasteiger partial charge in [-0.15, -0.1) is 0 Å². The molecule has 0 heterocycles. The molecule has 0 amide bonds. The van der Waals surface area contributed by atoms with Crippen LogP contribution in [0.3, 0.4) is 0 Å². The number of benzene rings is 2. The fourth-order valence-corrected chi connectivity index (χ4v) is 2.70. The SMILES string of the molecule is CCS(=O)(=O)N(C)Cc1ccc2ccccc2c1. The zero-order valence-electron chi connectivity index (χ0n) is 10.6. The number of rotatable bonds is 4. The van der Waals surface area contributed by atoms with Gasteiger partial charge in [0.05, 0.1) is 5.75 Å². The predicted molar refractivity (Wildman–Crippen MR) is 74.9 cm³/mol. The van der Waals surface area contributed by atoms with E-state index in [4.69, 9.17) is 0 Å². The molecule has 2 aromatic carbocycles. The maximum absolute atomic E-state index is 11.7. The normalized spacial score (nSPS) is 12.2. The molecule has 0 N–H and O–H groups in total. The van der Waals surface area contributed by atoms with Crippen LogP contribution < -0.4 is 0 Å². The average molecular weight is 263 g/mol. The lowest BCUT2D eigenvalue weighted by Crippen LogP contribution is -2.27. The van der Waals surface area contributed by atoms with Crippen molar-refractivity contribution in [2.45, 2.75) is 13.5 Å². The molecule has 2 rings (SSSR count). The van der Waals surface area contributed by atoms with Gasteiger partial charge in [-0.05, 0) is 29.3 Å². The largest absolute Gasteiger partial charge is 0.213 e. The van der Waals surface area contributed by atoms with Gasteiger partial charge in [0.15, 0.2) is 0 Å². The van der Waals surface area contributed by atoms with Gasteiger partial charge in [-0.2, -0.15) is 0 Å². The van der Waals surface area contributed by atoms with E-state index in [1.54, 1.807) is 14.0 Å². The van der Waals surface area contributed by atoms with E-state index in [2.05, 4.69) is 0 Å². The molecule has 0 spiro atoms. The molecule has 0 aromatic heterocycles. The third-order valence-electron chi connectivity index (χ3n) is 3.06. The molecule has 3 nitrogen and oxygen atoms in total. The van der Waals surface area contributed by atoms with Crippen molar-refractivity contribution in [2.24, 2.45) is 0 Å². The summed E-state index contributed by atoms with van der Waals surface area (Å²) in [5.74, 6) is 0.136. The number of hydrogen-bond donors (Lipinski definition) is 0. The van der Waals surface area contributed by atoms with Crippen molar-refractivity contribution in [3.05, 3.63) is 48.0 Å². The highest BCUT2D eigenvalue weighted by Crippen LogP contribution is 2.17. The molecule has 0 unspecified atom stereocenters. The van der Waals surface area contributed by atoms with Gasteiger partial charge >= 0.3 is 0 Å². The van der Waals surface area contributed by atoms with Gasteiger partial charge in [-0.3, -0.25) is 0 Å². The van der Waals surface area contributed by atoms with Crippen LogP contribution in [0.4, 0.5) is 0 Å². The van der Waals surface area contributed by atoms with Gasteiger partial charge in [-0.1, -0.05) is 36.4 Å². The summed E-state index contributed by atoms with van der Waals surface area (Å²) in [7, 11) is -1.50. The van der Waals surface area contributed by atoms with Gasteiger partial charge in [-0.25, -0.2) is 12.7 Å². The molecule has 0 saturated carbocycles. The Morgan fingerprint density at radius 2 is 1.72 bits per heavy atom. The Morgan fingerprint density at radius 1 is 1.06 bits per heavy atom. The van der Waals surface area contributed by atoms with Crippen LogP contribution in [-0.2, 0) is 16.6 Å². The van der Waals surface area contributed by atoms with Gasteiger partial charge in [0, 0.05) is 13.6 Å². The molecule has 18 heavy (non-hydrogen) atoms. The summed E-state index contributed by atoms with van der Waals surface area (Å²) >= 11 is 0. The van der Waals surface area contributed by atoms with Gasteiger partial charge in [0.25, 0.3) is 0 Å². The van der Waals surface area contributed by atoms with Gasteiger partial charge < -0.3 is 0 Å². The van der Waals surface area contributed by atoms with E-state index in [9.17, 15) is 8.42 Å². The minimum absolute atomic E-state index is 0.136. The van der Waals surface area contributed by atoms with E-state index >= 15 is 0 Å². The Bertz CT molecular complexity index is 650. The Kier molecular flexibility index (Phi) is 3.68. The third-order valence-corrected chi connectivity index (χ3v) is 4.87. The van der Waals surface area contributed by atoms with Crippen LogP contribution in [0.2, 0.25) is 0 Å². The second-order valence-corrected chi connectivity index (χ2v) is 6.70. The van der Waals surface area contributed by atoms with Gasteiger partial charge in [0.2, 0.25) is 10.0 Å². The topological polar surface area (TPSA) is 37.4 Å². The lowest BCUT2D eigenvalue weighted by molar-refractivity contribution is 0.468. The monoisotopic (exact) mass is 263 g/mol. The summed E-state index contributed by atoms with van der Waals surface area (Å²) < 4.78 is 24.8. The van der Waals surface area contributed by atoms with Crippen LogP contribution in [-0.4, -0.2) is 25.5 Å². The minimum Gasteiger partial charge on any atom is -0.212 e. The van der Waals surface area contributed by atoms with Crippen molar-refractivity contribution in [1.29, 1.82) is 0 Å². The first-order valence-electron chi connectivity index (χ1n) is 5.94. The van der Waals surface area contributed by atoms with Crippen molar-refractivity contribution >= 4 is 20.8 Å². The molecule has 0 aliphatic carbocycles. The molecule has 0 aliphatic rings. The summed E-state index contributed by atoms with van der Waals surface area (Å²) in [5, 5.41) is 2.31.